The molecule has 0 bridgehead atoms. The minimum Gasteiger partial charge on any atom is -0.509 e. The van der Waals surface area contributed by atoms with Crippen molar-refractivity contribution in [2.75, 3.05) is 13.2 Å². The summed E-state index contributed by atoms with van der Waals surface area (Å²) in [6.07, 6.45) is 0.779. The highest BCUT2D eigenvalue weighted by molar-refractivity contribution is 6.30. The number of benzene rings is 2. The molecule has 0 aliphatic carbocycles. The summed E-state index contributed by atoms with van der Waals surface area (Å²) >= 11 is 5.94. The molecular weight excluding hydrogens is 312 g/mol. The van der Waals surface area contributed by atoms with E-state index < -0.39 is 0 Å². The minimum absolute atomic E-state index is 0.00389. The molecule has 3 rings (SSSR count). The Kier molecular flexibility index (Phi) is 4.51. The Morgan fingerprint density at radius 3 is 2.43 bits per heavy atom. The molecule has 0 aromatic heterocycles. The standard InChI is InChI=1S/C19H17ClO3/c1-2-12-3-4-14(13-5-7-15(20)8-6-13)9-16(12)19-17(21)10-23-11-18(19)22/h3-9,21H,2,10-11H2,1H3. The highest BCUT2D eigenvalue weighted by Crippen LogP contribution is 2.31. The SMILES string of the molecule is CCc1ccc(-c2ccc(Cl)cc2)cc1C1=C(O)COCC1=O. The van der Waals surface area contributed by atoms with Crippen LogP contribution in [0.25, 0.3) is 16.7 Å². The quantitative estimate of drug-likeness (QED) is 0.906. The van der Waals surface area contributed by atoms with E-state index in [0.717, 1.165) is 28.7 Å². The van der Waals surface area contributed by atoms with Crippen molar-refractivity contribution in [3.8, 4) is 11.1 Å². The summed E-state index contributed by atoms with van der Waals surface area (Å²) in [6.45, 7) is 2.12. The summed E-state index contributed by atoms with van der Waals surface area (Å²) in [5, 5.41) is 10.8. The second-order valence-electron chi connectivity index (χ2n) is 5.47. The molecule has 0 saturated carbocycles. The van der Waals surface area contributed by atoms with Gasteiger partial charge < -0.3 is 9.84 Å². The fourth-order valence-electron chi connectivity index (χ4n) is 2.79. The molecule has 0 atom stereocenters. The first-order chi connectivity index (χ1) is 11.1. The molecule has 0 amide bonds. The fraction of sp³-hybridized carbons (Fsp3) is 0.211. The zero-order valence-corrected chi connectivity index (χ0v) is 13.6. The van der Waals surface area contributed by atoms with Gasteiger partial charge in [-0.25, -0.2) is 0 Å². The molecule has 4 heteroatoms. The molecule has 1 N–H and O–H groups in total. The van der Waals surface area contributed by atoms with Crippen molar-refractivity contribution in [3.05, 3.63) is 64.4 Å². The first-order valence-electron chi connectivity index (χ1n) is 7.52. The van der Waals surface area contributed by atoms with Crippen molar-refractivity contribution in [1.82, 2.24) is 0 Å². The van der Waals surface area contributed by atoms with Crippen molar-refractivity contribution in [1.29, 1.82) is 0 Å². The van der Waals surface area contributed by atoms with E-state index in [1.54, 1.807) is 0 Å². The van der Waals surface area contributed by atoms with Crippen LogP contribution in [0.4, 0.5) is 0 Å². The highest BCUT2D eigenvalue weighted by Gasteiger charge is 2.24. The van der Waals surface area contributed by atoms with E-state index in [1.165, 1.54) is 0 Å². The molecule has 0 saturated heterocycles. The Morgan fingerprint density at radius 1 is 1.09 bits per heavy atom. The average molecular weight is 329 g/mol. The molecule has 0 unspecified atom stereocenters. The maximum Gasteiger partial charge on any atom is 0.192 e. The normalized spacial score (nSPS) is 15.1. The molecule has 1 aliphatic rings. The van der Waals surface area contributed by atoms with Gasteiger partial charge in [0.2, 0.25) is 0 Å². The van der Waals surface area contributed by atoms with Gasteiger partial charge in [-0.3, -0.25) is 4.79 Å². The first-order valence-corrected chi connectivity index (χ1v) is 7.90. The molecule has 118 valence electrons. The van der Waals surface area contributed by atoms with Crippen LogP contribution in [-0.2, 0) is 16.0 Å². The molecule has 2 aromatic rings. The van der Waals surface area contributed by atoms with E-state index in [4.69, 9.17) is 16.3 Å². The predicted octanol–water partition coefficient (Wildman–Crippen LogP) is 4.44. The summed E-state index contributed by atoms with van der Waals surface area (Å²) in [4.78, 5) is 12.2. The predicted molar refractivity (Wildman–Crippen MR) is 91.6 cm³/mol. The molecule has 1 aliphatic heterocycles. The van der Waals surface area contributed by atoms with Crippen LogP contribution in [0.2, 0.25) is 5.02 Å². The van der Waals surface area contributed by atoms with E-state index in [0.29, 0.717) is 10.6 Å². The molecule has 2 aromatic carbocycles. The van der Waals surface area contributed by atoms with Crippen LogP contribution < -0.4 is 0 Å². The van der Waals surface area contributed by atoms with Gasteiger partial charge in [0.15, 0.2) is 5.78 Å². The Hall–Kier alpha value is -2.10. The lowest BCUT2D eigenvalue weighted by Crippen LogP contribution is -2.21. The van der Waals surface area contributed by atoms with Crippen molar-refractivity contribution in [2.24, 2.45) is 0 Å². The van der Waals surface area contributed by atoms with Gasteiger partial charge in [0, 0.05) is 5.02 Å². The number of aliphatic hydroxyl groups excluding tert-OH is 1. The highest BCUT2D eigenvalue weighted by atomic mass is 35.5. The van der Waals surface area contributed by atoms with Crippen LogP contribution in [0.15, 0.2) is 48.2 Å². The number of hydrogen-bond acceptors (Lipinski definition) is 3. The Bertz CT molecular complexity index is 776. The zero-order chi connectivity index (χ0) is 16.4. The number of aryl methyl sites for hydroxylation is 1. The topological polar surface area (TPSA) is 46.5 Å². The largest absolute Gasteiger partial charge is 0.509 e. The second kappa shape index (κ2) is 6.57. The number of aliphatic hydroxyl groups is 1. The maximum absolute atomic E-state index is 12.2. The third kappa shape index (κ3) is 3.16. The number of carbonyl (C=O) groups is 1. The van der Waals surface area contributed by atoms with Crippen LogP contribution >= 0.6 is 11.6 Å². The molecule has 1 heterocycles. The third-order valence-electron chi connectivity index (χ3n) is 3.98. The fourth-order valence-corrected chi connectivity index (χ4v) is 2.92. The maximum atomic E-state index is 12.2. The summed E-state index contributed by atoms with van der Waals surface area (Å²) in [5.41, 5.74) is 4.18. The molecule has 23 heavy (non-hydrogen) atoms. The van der Waals surface area contributed by atoms with Crippen LogP contribution in [-0.4, -0.2) is 24.1 Å². The lowest BCUT2D eigenvalue weighted by Gasteiger charge is -2.19. The van der Waals surface area contributed by atoms with Crippen molar-refractivity contribution >= 4 is 23.0 Å². The van der Waals surface area contributed by atoms with Gasteiger partial charge in [-0.2, -0.15) is 0 Å². The number of carbonyl (C=O) groups excluding carboxylic acids is 1. The molecular formula is C19H17ClO3. The van der Waals surface area contributed by atoms with Crippen molar-refractivity contribution in [3.63, 3.8) is 0 Å². The van der Waals surface area contributed by atoms with Crippen LogP contribution in [0.5, 0.6) is 0 Å². The number of halogens is 1. The van der Waals surface area contributed by atoms with Gasteiger partial charge in [-0.15, -0.1) is 0 Å². The number of ether oxygens (including phenoxy) is 1. The number of rotatable bonds is 3. The zero-order valence-electron chi connectivity index (χ0n) is 12.8. The lowest BCUT2D eigenvalue weighted by atomic mass is 9.90. The van der Waals surface area contributed by atoms with E-state index in [1.807, 2.05) is 49.4 Å². The second-order valence-corrected chi connectivity index (χ2v) is 5.91. The molecule has 0 fully saturated rings. The van der Waals surface area contributed by atoms with Crippen LogP contribution in [0.3, 0.4) is 0 Å². The summed E-state index contributed by atoms with van der Waals surface area (Å²) in [5.74, 6) is -0.180. The monoisotopic (exact) mass is 328 g/mol. The van der Waals surface area contributed by atoms with Crippen LogP contribution in [0.1, 0.15) is 18.1 Å². The van der Waals surface area contributed by atoms with E-state index >= 15 is 0 Å². The average Bonchev–Trinajstić information content (AvgIpc) is 2.55. The number of hydrogen-bond donors (Lipinski definition) is 1. The van der Waals surface area contributed by atoms with Gasteiger partial charge >= 0.3 is 0 Å². The summed E-state index contributed by atoms with van der Waals surface area (Å²) < 4.78 is 5.08. The molecule has 0 spiro atoms. The van der Waals surface area contributed by atoms with Gasteiger partial charge in [0.25, 0.3) is 0 Å². The molecule has 0 radical (unpaired) electrons. The number of Topliss-reactive ketones (excluding diaryl/α,β-unsaturated/α-hetero) is 1. The Labute approximate surface area is 140 Å². The summed E-state index contributed by atoms with van der Waals surface area (Å²) in [7, 11) is 0. The smallest absolute Gasteiger partial charge is 0.192 e. The number of ketones is 1. The minimum atomic E-state index is -0.184. The van der Waals surface area contributed by atoms with E-state index in [-0.39, 0.29) is 24.8 Å². The van der Waals surface area contributed by atoms with E-state index in [9.17, 15) is 9.90 Å². The van der Waals surface area contributed by atoms with Gasteiger partial charge in [-0.1, -0.05) is 42.8 Å². The van der Waals surface area contributed by atoms with Crippen molar-refractivity contribution in [2.45, 2.75) is 13.3 Å². The van der Waals surface area contributed by atoms with Crippen LogP contribution in [0, 0.1) is 0 Å². The Balaban J connectivity index is 2.14. The third-order valence-corrected chi connectivity index (χ3v) is 4.23. The van der Waals surface area contributed by atoms with Gasteiger partial charge in [0.1, 0.15) is 19.0 Å². The van der Waals surface area contributed by atoms with Gasteiger partial charge in [-0.05, 0) is 46.9 Å². The lowest BCUT2D eigenvalue weighted by molar-refractivity contribution is -0.119. The van der Waals surface area contributed by atoms with Crippen molar-refractivity contribution < 1.29 is 14.6 Å². The molecule has 3 nitrogen and oxygen atoms in total. The Morgan fingerprint density at radius 2 is 1.78 bits per heavy atom. The van der Waals surface area contributed by atoms with E-state index in [2.05, 4.69) is 0 Å². The van der Waals surface area contributed by atoms with Gasteiger partial charge in [0.05, 0.1) is 5.57 Å². The summed E-state index contributed by atoms with van der Waals surface area (Å²) in [6, 6.07) is 13.5. The first kappa shape index (κ1) is 15.8.